The van der Waals surface area contributed by atoms with E-state index in [1.54, 1.807) is 0 Å². The van der Waals surface area contributed by atoms with Crippen LogP contribution in [0.5, 0.6) is 0 Å². The number of unbranched alkanes of at least 4 members (excludes halogenated alkanes) is 1. The molecule has 0 saturated carbocycles. The summed E-state index contributed by atoms with van der Waals surface area (Å²) in [5.41, 5.74) is 0. The lowest BCUT2D eigenvalue weighted by atomic mass is 9.97. The Morgan fingerprint density at radius 1 is 0.825 bits per heavy atom. The largest absolute Gasteiger partial charge is 0.394 e. The van der Waals surface area contributed by atoms with Crippen molar-refractivity contribution < 1.29 is 34.8 Å². The molecule has 1 aliphatic heterocycles. The highest BCUT2D eigenvalue weighted by Gasteiger charge is 2.44. The van der Waals surface area contributed by atoms with Crippen molar-refractivity contribution in [2.75, 3.05) is 6.61 Å². The van der Waals surface area contributed by atoms with Crippen LogP contribution in [0.25, 0.3) is 0 Å². The third kappa shape index (κ3) is 15.1. The van der Waals surface area contributed by atoms with Crippen molar-refractivity contribution in [3.63, 3.8) is 0 Å². The molecule has 6 atom stereocenters. The molecule has 0 aromatic heterocycles. The standard InChI is InChI=1S/C31H48N2O7/c1-3-4-5-6-7-8-9-10-11-12-13-14-15-16-17-18-19-20-21-22-26(35)32-24(2)30(38)33-27-29(37)28(36)25(23-34)40-31(27)39/h4-7,9-10,12-13,15-16,18-19,24-25,27-29,31,34,36-37,39H,3,8,11,14,17,20-23H2,1-2H3,(H,32,35)(H,33,38)/t24-,25?,27?,28+,29-,31+/m0/s1. The Balaban J connectivity index is 2.15. The van der Waals surface area contributed by atoms with E-state index in [4.69, 9.17) is 9.84 Å². The van der Waals surface area contributed by atoms with E-state index in [2.05, 4.69) is 84.4 Å². The summed E-state index contributed by atoms with van der Waals surface area (Å²) >= 11 is 0. The topological polar surface area (TPSA) is 148 Å². The molecule has 0 spiro atoms. The van der Waals surface area contributed by atoms with Gasteiger partial charge in [-0.15, -0.1) is 0 Å². The van der Waals surface area contributed by atoms with Crippen molar-refractivity contribution in [3.05, 3.63) is 72.9 Å². The number of nitrogens with one attached hydrogen (secondary N) is 2. The molecule has 1 saturated heterocycles. The summed E-state index contributed by atoms with van der Waals surface area (Å²) in [5, 5.41) is 44.1. The van der Waals surface area contributed by atoms with E-state index in [-0.39, 0.29) is 12.3 Å². The fourth-order valence-corrected chi connectivity index (χ4v) is 3.78. The summed E-state index contributed by atoms with van der Waals surface area (Å²) < 4.78 is 5.02. The summed E-state index contributed by atoms with van der Waals surface area (Å²) in [4.78, 5) is 24.5. The van der Waals surface area contributed by atoms with Crippen LogP contribution in [0.4, 0.5) is 0 Å². The molecule has 0 radical (unpaired) electrons. The molecule has 1 rings (SSSR count). The van der Waals surface area contributed by atoms with E-state index < -0.39 is 49.2 Å². The van der Waals surface area contributed by atoms with Crippen LogP contribution in [-0.4, -0.2) is 75.5 Å². The maximum Gasteiger partial charge on any atom is 0.242 e. The number of carbonyl (C=O) groups excluding carboxylic acids is 2. The Hall–Kier alpha value is -2.82. The zero-order chi connectivity index (χ0) is 29.6. The summed E-state index contributed by atoms with van der Waals surface area (Å²) in [6, 6.07) is -2.21. The van der Waals surface area contributed by atoms with Crippen molar-refractivity contribution in [2.24, 2.45) is 0 Å². The fraction of sp³-hybridized carbons (Fsp3) is 0.548. The summed E-state index contributed by atoms with van der Waals surface area (Å²) in [7, 11) is 0. The second-order valence-corrected chi connectivity index (χ2v) is 9.54. The predicted molar refractivity (Wildman–Crippen MR) is 157 cm³/mol. The summed E-state index contributed by atoms with van der Waals surface area (Å²) in [6.07, 6.45) is 25.8. The van der Waals surface area contributed by atoms with Crippen LogP contribution >= 0.6 is 0 Å². The molecule has 2 amide bonds. The Labute approximate surface area is 238 Å². The first-order chi connectivity index (χ1) is 19.3. The molecule has 1 heterocycles. The first-order valence-corrected chi connectivity index (χ1v) is 14.1. The monoisotopic (exact) mass is 560 g/mol. The van der Waals surface area contributed by atoms with Gasteiger partial charge in [-0.2, -0.15) is 0 Å². The van der Waals surface area contributed by atoms with Gasteiger partial charge in [0.25, 0.3) is 0 Å². The van der Waals surface area contributed by atoms with Gasteiger partial charge >= 0.3 is 0 Å². The van der Waals surface area contributed by atoms with Gasteiger partial charge < -0.3 is 35.8 Å². The molecular weight excluding hydrogens is 512 g/mol. The molecular formula is C31H48N2O7. The van der Waals surface area contributed by atoms with Gasteiger partial charge in [0.1, 0.15) is 30.4 Å². The molecule has 2 unspecified atom stereocenters. The maximum atomic E-state index is 12.4. The highest BCUT2D eigenvalue weighted by molar-refractivity contribution is 5.87. The Kier molecular flexibility index (Phi) is 19.3. The highest BCUT2D eigenvalue weighted by Crippen LogP contribution is 2.19. The van der Waals surface area contributed by atoms with Crippen molar-refractivity contribution in [1.29, 1.82) is 0 Å². The molecule has 0 aliphatic carbocycles. The number of allylic oxidation sites excluding steroid dienone is 12. The second-order valence-electron chi connectivity index (χ2n) is 9.54. The lowest BCUT2D eigenvalue weighted by Crippen LogP contribution is -2.65. The number of hydrogen-bond acceptors (Lipinski definition) is 7. The molecule has 6 N–H and O–H groups in total. The third-order valence-corrected chi connectivity index (χ3v) is 6.13. The van der Waals surface area contributed by atoms with Gasteiger partial charge in [-0.25, -0.2) is 0 Å². The van der Waals surface area contributed by atoms with Gasteiger partial charge in [0, 0.05) is 6.42 Å². The number of aliphatic hydroxyl groups is 4. The van der Waals surface area contributed by atoms with Crippen molar-refractivity contribution >= 4 is 11.8 Å². The van der Waals surface area contributed by atoms with Crippen molar-refractivity contribution in [2.45, 2.75) is 102 Å². The molecule has 9 nitrogen and oxygen atoms in total. The number of amides is 2. The molecule has 0 aromatic rings. The average Bonchev–Trinajstić information content (AvgIpc) is 2.94. The van der Waals surface area contributed by atoms with Crippen LogP contribution in [0.2, 0.25) is 0 Å². The number of aliphatic hydroxyl groups excluding tert-OH is 4. The van der Waals surface area contributed by atoms with Crippen LogP contribution in [-0.2, 0) is 14.3 Å². The van der Waals surface area contributed by atoms with E-state index in [1.165, 1.54) is 6.92 Å². The minimum absolute atomic E-state index is 0.248. The number of rotatable bonds is 18. The Bertz CT molecular complexity index is 894. The minimum atomic E-state index is -1.61. The van der Waals surface area contributed by atoms with Gasteiger partial charge in [-0.3, -0.25) is 9.59 Å². The number of hydrogen-bond donors (Lipinski definition) is 6. The van der Waals surface area contributed by atoms with Crippen LogP contribution < -0.4 is 10.6 Å². The minimum Gasteiger partial charge on any atom is -0.394 e. The lowest BCUT2D eigenvalue weighted by molar-refractivity contribution is -0.253. The molecule has 9 heteroatoms. The third-order valence-electron chi connectivity index (χ3n) is 6.13. The maximum absolute atomic E-state index is 12.4. The molecule has 1 aliphatic rings. The first-order valence-electron chi connectivity index (χ1n) is 14.1. The van der Waals surface area contributed by atoms with E-state index in [9.17, 15) is 24.9 Å². The zero-order valence-electron chi connectivity index (χ0n) is 23.8. The molecule has 0 bridgehead atoms. The highest BCUT2D eigenvalue weighted by atomic mass is 16.6. The van der Waals surface area contributed by atoms with Crippen molar-refractivity contribution in [1.82, 2.24) is 10.6 Å². The van der Waals surface area contributed by atoms with E-state index in [0.717, 1.165) is 38.5 Å². The Morgan fingerprint density at radius 2 is 1.38 bits per heavy atom. The van der Waals surface area contributed by atoms with Gasteiger partial charge in [0.05, 0.1) is 6.61 Å². The Morgan fingerprint density at radius 3 is 1.95 bits per heavy atom. The van der Waals surface area contributed by atoms with E-state index in [1.807, 2.05) is 6.08 Å². The number of ether oxygens (including phenoxy) is 1. The summed E-state index contributed by atoms with van der Waals surface area (Å²) in [5.74, 6) is -0.935. The zero-order valence-corrected chi connectivity index (χ0v) is 23.8. The smallest absolute Gasteiger partial charge is 0.242 e. The van der Waals surface area contributed by atoms with Crippen LogP contribution in [0, 0.1) is 0 Å². The average molecular weight is 561 g/mol. The lowest BCUT2D eigenvalue weighted by Gasteiger charge is -2.40. The van der Waals surface area contributed by atoms with Crippen LogP contribution in [0.1, 0.15) is 65.2 Å². The summed E-state index contributed by atoms with van der Waals surface area (Å²) in [6.45, 7) is 3.00. The van der Waals surface area contributed by atoms with Gasteiger partial charge in [0.15, 0.2) is 6.29 Å². The van der Waals surface area contributed by atoms with Gasteiger partial charge in [0.2, 0.25) is 11.8 Å². The second kappa shape index (κ2) is 21.9. The normalized spacial score (nSPS) is 24.8. The number of carbonyl (C=O) groups is 2. The van der Waals surface area contributed by atoms with Crippen LogP contribution in [0.3, 0.4) is 0 Å². The molecule has 224 valence electrons. The molecule has 40 heavy (non-hydrogen) atoms. The van der Waals surface area contributed by atoms with E-state index in [0.29, 0.717) is 6.42 Å². The van der Waals surface area contributed by atoms with Gasteiger partial charge in [-0.1, -0.05) is 79.8 Å². The molecule has 0 aromatic carbocycles. The van der Waals surface area contributed by atoms with Crippen molar-refractivity contribution in [3.8, 4) is 0 Å². The quantitative estimate of drug-likeness (QED) is 0.0858. The first kappa shape index (κ1) is 35.2. The van der Waals surface area contributed by atoms with Crippen LogP contribution in [0.15, 0.2) is 72.9 Å². The molecule has 1 fully saturated rings. The SMILES string of the molecule is CCC=CC=CCC=CCC=CCC=CCC=CCCCC(=O)N[C@@H](C)C(=O)NC1[C@H](O)OC(CO)[C@@H](O)[C@H]1O. The fourth-order valence-electron chi connectivity index (χ4n) is 3.78. The van der Waals surface area contributed by atoms with E-state index >= 15 is 0 Å². The predicted octanol–water partition coefficient (Wildman–Crippen LogP) is 2.89. The van der Waals surface area contributed by atoms with Gasteiger partial charge in [-0.05, 0) is 51.9 Å².